The molecule has 0 unspecified atom stereocenters. The molecule has 1 aliphatic heterocycles. The molecular weight excluding hydrogens is 252 g/mol. The number of hydrogen-bond donors (Lipinski definition) is 1. The molecule has 0 saturated carbocycles. The fourth-order valence-electron chi connectivity index (χ4n) is 2.54. The topological polar surface area (TPSA) is 41.6 Å². The number of carbonyl (C=O) groups excluding carboxylic acids is 1. The number of nitrogens with one attached hydrogen (secondary N) is 1. The van der Waals surface area contributed by atoms with E-state index in [0.29, 0.717) is 12.6 Å². The van der Waals surface area contributed by atoms with Gasteiger partial charge in [-0.15, -0.1) is 0 Å². The molecule has 20 heavy (non-hydrogen) atoms. The van der Waals surface area contributed by atoms with Crippen LogP contribution in [0, 0.1) is 0 Å². The average Bonchev–Trinajstić information content (AvgIpc) is 2.48. The van der Waals surface area contributed by atoms with E-state index in [-0.39, 0.29) is 12.5 Å². The summed E-state index contributed by atoms with van der Waals surface area (Å²) >= 11 is 0. The maximum Gasteiger partial charge on any atom is 0.246 e. The van der Waals surface area contributed by atoms with Gasteiger partial charge in [-0.2, -0.15) is 0 Å². The molecule has 0 aromatic heterocycles. The number of rotatable bonds is 6. The Bertz CT molecular complexity index is 400. The lowest BCUT2D eigenvalue weighted by Crippen LogP contribution is -2.45. The van der Waals surface area contributed by atoms with E-state index in [1.54, 1.807) is 0 Å². The standard InChI is InChI=1S/C16H24N2O2/c1-2-20-13-16(19)17-15-8-10-18(11-9-15)12-14-6-4-3-5-7-14/h3-7,15H,2,8-13H2,1H3,(H,17,19). The van der Waals surface area contributed by atoms with E-state index in [4.69, 9.17) is 4.74 Å². The highest BCUT2D eigenvalue weighted by Crippen LogP contribution is 2.13. The Morgan fingerprint density at radius 2 is 2.00 bits per heavy atom. The Morgan fingerprint density at radius 3 is 2.65 bits per heavy atom. The third-order valence-corrected chi connectivity index (χ3v) is 3.64. The summed E-state index contributed by atoms with van der Waals surface area (Å²) in [6.07, 6.45) is 2.04. The number of benzene rings is 1. The molecule has 0 aliphatic carbocycles. The summed E-state index contributed by atoms with van der Waals surface area (Å²) in [4.78, 5) is 14.0. The molecule has 1 saturated heterocycles. The van der Waals surface area contributed by atoms with Crippen molar-refractivity contribution in [2.75, 3.05) is 26.3 Å². The molecule has 1 fully saturated rings. The van der Waals surface area contributed by atoms with Crippen LogP contribution in [0.2, 0.25) is 0 Å². The number of likely N-dealkylation sites (tertiary alicyclic amines) is 1. The van der Waals surface area contributed by atoms with Crippen LogP contribution in [0.5, 0.6) is 0 Å². The van der Waals surface area contributed by atoms with Crippen molar-refractivity contribution in [1.82, 2.24) is 10.2 Å². The molecule has 4 nitrogen and oxygen atoms in total. The molecular formula is C16H24N2O2. The zero-order valence-corrected chi connectivity index (χ0v) is 12.2. The van der Waals surface area contributed by atoms with E-state index in [1.165, 1.54) is 5.56 Å². The molecule has 1 heterocycles. The van der Waals surface area contributed by atoms with Crippen molar-refractivity contribution in [3.63, 3.8) is 0 Å². The third kappa shape index (κ3) is 4.94. The first-order valence-corrected chi connectivity index (χ1v) is 7.41. The first-order chi connectivity index (χ1) is 9.78. The van der Waals surface area contributed by atoms with Crippen LogP contribution in [0.25, 0.3) is 0 Å². The summed E-state index contributed by atoms with van der Waals surface area (Å²) in [7, 11) is 0. The Balaban J connectivity index is 1.68. The molecule has 1 aromatic carbocycles. The molecule has 0 bridgehead atoms. The Labute approximate surface area is 121 Å². The summed E-state index contributed by atoms with van der Waals surface area (Å²) in [5, 5.41) is 3.05. The zero-order chi connectivity index (χ0) is 14.2. The molecule has 1 N–H and O–H groups in total. The average molecular weight is 276 g/mol. The van der Waals surface area contributed by atoms with Crippen LogP contribution < -0.4 is 5.32 Å². The molecule has 2 rings (SSSR count). The number of carbonyl (C=O) groups is 1. The highest BCUT2D eigenvalue weighted by molar-refractivity contribution is 5.77. The van der Waals surface area contributed by atoms with Gasteiger partial charge in [-0.25, -0.2) is 0 Å². The van der Waals surface area contributed by atoms with Gasteiger partial charge in [-0.1, -0.05) is 30.3 Å². The maximum atomic E-state index is 11.6. The molecule has 4 heteroatoms. The molecule has 1 aromatic rings. The lowest BCUT2D eigenvalue weighted by Gasteiger charge is -2.32. The van der Waals surface area contributed by atoms with Crippen LogP contribution in [-0.4, -0.2) is 43.2 Å². The minimum Gasteiger partial charge on any atom is -0.372 e. The van der Waals surface area contributed by atoms with E-state index in [2.05, 4.69) is 34.5 Å². The number of hydrogen-bond acceptors (Lipinski definition) is 3. The predicted molar refractivity (Wildman–Crippen MR) is 79.4 cm³/mol. The van der Waals surface area contributed by atoms with E-state index < -0.39 is 0 Å². The second kappa shape index (κ2) is 8.02. The van der Waals surface area contributed by atoms with Crippen molar-refractivity contribution < 1.29 is 9.53 Å². The van der Waals surface area contributed by atoms with Gasteiger partial charge in [-0.05, 0) is 25.3 Å². The van der Waals surface area contributed by atoms with E-state index in [9.17, 15) is 4.79 Å². The number of amides is 1. The van der Waals surface area contributed by atoms with Gasteiger partial charge in [0.05, 0.1) is 0 Å². The van der Waals surface area contributed by atoms with Gasteiger partial charge in [0.15, 0.2) is 0 Å². The number of ether oxygens (including phenoxy) is 1. The van der Waals surface area contributed by atoms with Gasteiger partial charge in [-0.3, -0.25) is 9.69 Å². The van der Waals surface area contributed by atoms with Crippen LogP contribution in [-0.2, 0) is 16.1 Å². The van der Waals surface area contributed by atoms with Crippen LogP contribution in [0.1, 0.15) is 25.3 Å². The largest absolute Gasteiger partial charge is 0.372 e. The van der Waals surface area contributed by atoms with Crippen LogP contribution in [0.15, 0.2) is 30.3 Å². The van der Waals surface area contributed by atoms with Crippen molar-refractivity contribution >= 4 is 5.91 Å². The Morgan fingerprint density at radius 1 is 1.30 bits per heavy atom. The maximum absolute atomic E-state index is 11.6. The summed E-state index contributed by atoms with van der Waals surface area (Å²) < 4.78 is 5.11. The number of piperidine rings is 1. The highest BCUT2D eigenvalue weighted by Gasteiger charge is 2.20. The lowest BCUT2D eigenvalue weighted by molar-refractivity contribution is -0.126. The fourth-order valence-corrected chi connectivity index (χ4v) is 2.54. The molecule has 1 aliphatic rings. The van der Waals surface area contributed by atoms with Crippen LogP contribution in [0.4, 0.5) is 0 Å². The second-order valence-electron chi connectivity index (χ2n) is 5.24. The van der Waals surface area contributed by atoms with Gasteiger partial charge in [0.2, 0.25) is 5.91 Å². The minimum absolute atomic E-state index is 0.00774. The molecule has 0 atom stereocenters. The second-order valence-corrected chi connectivity index (χ2v) is 5.24. The van der Waals surface area contributed by atoms with E-state index >= 15 is 0 Å². The quantitative estimate of drug-likeness (QED) is 0.861. The van der Waals surface area contributed by atoms with Gasteiger partial charge < -0.3 is 10.1 Å². The fraction of sp³-hybridized carbons (Fsp3) is 0.562. The molecule has 0 spiro atoms. The SMILES string of the molecule is CCOCC(=O)NC1CCN(Cc2ccccc2)CC1. The summed E-state index contributed by atoms with van der Waals surface area (Å²) in [5.74, 6) is 0.00774. The van der Waals surface area contributed by atoms with Gasteiger partial charge in [0, 0.05) is 32.3 Å². The summed E-state index contributed by atoms with van der Waals surface area (Å²) in [5.41, 5.74) is 1.35. The smallest absolute Gasteiger partial charge is 0.246 e. The van der Waals surface area contributed by atoms with Gasteiger partial charge >= 0.3 is 0 Å². The first kappa shape index (κ1) is 15.0. The normalized spacial score (nSPS) is 17.1. The van der Waals surface area contributed by atoms with E-state index in [1.807, 2.05) is 13.0 Å². The van der Waals surface area contributed by atoms with Crippen molar-refractivity contribution in [2.45, 2.75) is 32.4 Å². The Kier molecular flexibility index (Phi) is 6.02. The van der Waals surface area contributed by atoms with Gasteiger partial charge in [0.1, 0.15) is 6.61 Å². The first-order valence-electron chi connectivity index (χ1n) is 7.41. The molecule has 0 radical (unpaired) electrons. The van der Waals surface area contributed by atoms with Gasteiger partial charge in [0.25, 0.3) is 0 Å². The lowest BCUT2D eigenvalue weighted by atomic mass is 10.0. The predicted octanol–water partition coefficient (Wildman–Crippen LogP) is 1.80. The number of nitrogens with zero attached hydrogens (tertiary/aromatic N) is 1. The van der Waals surface area contributed by atoms with Crippen LogP contribution in [0.3, 0.4) is 0 Å². The zero-order valence-electron chi connectivity index (χ0n) is 12.2. The minimum atomic E-state index is 0.00774. The third-order valence-electron chi connectivity index (χ3n) is 3.64. The Hall–Kier alpha value is -1.39. The van der Waals surface area contributed by atoms with Crippen LogP contribution >= 0.6 is 0 Å². The van der Waals surface area contributed by atoms with Crippen molar-refractivity contribution in [2.24, 2.45) is 0 Å². The molecule has 1 amide bonds. The van der Waals surface area contributed by atoms with E-state index in [0.717, 1.165) is 32.5 Å². The summed E-state index contributed by atoms with van der Waals surface area (Å²) in [6, 6.07) is 10.8. The molecule has 110 valence electrons. The highest BCUT2D eigenvalue weighted by atomic mass is 16.5. The summed E-state index contributed by atoms with van der Waals surface area (Å²) in [6.45, 7) is 5.74. The van der Waals surface area contributed by atoms with Crippen molar-refractivity contribution in [1.29, 1.82) is 0 Å². The van der Waals surface area contributed by atoms with Crippen molar-refractivity contribution in [3.05, 3.63) is 35.9 Å². The van der Waals surface area contributed by atoms with Crippen molar-refractivity contribution in [3.8, 4) is 0 Å². The monoisotopic (exact) mass is 276 g/mol.